The molecule has 0 saturated carbocycles. The van der Waals surface area contributed by atoms with Crippen LogP contribution >= 0.6 is 11.3 Å². The third kappa shape index (κ3) is 3.91. The van der Waals surface area contributed by atoms with E-state index in [0.717, 1.165) is 15.4 Å². The van der Waals surface area contributed by atoms with Crippen LogP contribution in [0.5, 0.6) is 5.75 Å². The first-order valence-electron chi connectivity index (χ1n) is 9.42. The Morgan fingerprint density at radius 2 is 2.00 bits per heavy atom. The number of nitrogens with one attached hydrogen (secondary N) is 1. The van der Waals surface area contributed by atoms with Gasteiger partial charge in [0.25, 0.3) is 5.91 Å². The number of fused-ring (bicyclic) bond motifs is 1. The average Bonchev–Trinajstić information content (AvgIpc) is 3.07. The molecule has 3 aromatic rings. The van der Waals surface area contributed by atoms with Crippen LogP contribution in [0.3, 0.4) is 0 Å². The number of hydrogen-bond donors (Lipinski definition) is 1. The van der Waals surface area contributed by atoms with Gasteiger partial charge in [-0.15, -0.1) is 11.3 Å². The number of nitrogens with zero attached hydrogens (tertiary/aromatic N) is 2. The number of anilines is 2. The van der Waals surface area contributed by atoms with Gasteiger partial charge in [-0.05, 0) is 56.3 Å². The summed E-state index contributed by atoms with van der Waals surface area (Å²) < 4.78 is 18.8. The minimum absolute atomic E-state index is 0.137. The van der Waals surface area contributed by atoms with Gasteiger partial charge in [0.1, 0.15) is 11.6 Å². The van der Waals surface area contributed by atoms with E-state index in [2.05, 4.69) is 10.3 Å². The Morgan fingerprint density at radius 1 is 1.27 bits per heavy atom. The summed E-state index contributed by atoms with van der Waals surface area (Å²) in [6.45, 7) is 3.57. The van der Waals surface area contributed by atoms with Gasteiger partial charge in [-0.1, -0.05) is 0 Å². The zero-order chi connectivity index (χ0) is 21.4. The van der Waals surface area contributed by atoms with Crippen LogP contribution in [0.15, 0.2) is 42.5 Å². The van der Waals surface area contributed by atoms with Crippen LogP contribution in [0.1, 0.15) is 16.8 Å². The van der Waals surface area contributed by atoms with Gasteiger partial charge in [0, 0.05) is 23.2 Å². The van der Waals surface area contributed by atoms with Crippen LogP contribution in [-0.4, -0.2) is 29.9 Å². The number of aryl methyl sites for hydroxylation is 1. The van der Waals surface area contributed by atoms with Gasteiger partial charge < -0.3 is 15.0 Å². The minimum Gasteiger partial charge on any atom is -0.479 e. The Morgan fingerprint density at radius 3 is 2.73 bits per heavy atom. The van der Waals surface area contributed by atoms with Crippen LogP contribution in [0.4, 0.5) is 15.8 Å². The molecule has 30 heavy (non-hydrogen) atoms. The summed E-state index contributed by atoms with van der Waals surface area (Å²) in [6.07, 6.45) is -0.403. The molecular weight excluding hydrogens is 405 g/mol. The van der Waals surface area contributed by atoms with Crippen molar-refractivity contribution in [3.8, 4) is 17.0 Å². The lowest BCUT2D eigenvalue weighted by Crippen LogP contribution is -2.42. The molecule has 4 rings (SSSR count). The molecule has 6 nitrogen and oxygen atoms in total. The molecule has 0 radical (unpaired) electrons. The number of hydrogen-bond acceptors (Lipinski definition) is 5. The van der Waals surface area contributed by atoms with Gasteiger partial charge in [0.05, 0.1) is 22.8 Å². The van der Waals surface area contributed by atoms with Crippen LogP contribution < -0.4 is 15.0 Å². The fourth-order valence-electron chi connectivity index (χ4n) is 3.36. The van der Waals surface area contributed by atoms with Gasteiger partial charge >= 0.3 is 0 Å². The van der Waals surface area contributed by atoms with Crippen molar-refractivity contribution in [3.05, 3.63) is 58.2 Å². The lowest BCUT2D eigenvalue weighted by atomic mass is 10.1. The first kappa shape index (κ1) is 20.0. The molecule has 0 fully saturated rings. The van der Waals surface area contributed by atoms with Crippen LogP contribution in [0, 0.1) is 12.7 Å². The molecule has 2 aromatic carbocycles. The third-order valence-electron chi connectivity index (χ3n) is 4.83. The topological polar surface area (TPSA) is 71.5 Å². The molecule has 0 saturated heterocycles. The second kappa shape index (κ2) is 7.87. The SMILES string of the molecule is Cc1nc(-c2ccc(F)cc2)c(CC(=O)Nc2ccc3c(c2)N(C)C(=O)[C@@H](C)O3)s1. The van der Waals surface area contributed by atoms with Crippen LogP contribution in [-0.2, 0) is 16.0 Å². The van der Waals surface area contributed by atoms with E-state index in [0.29, 0.717) is 22.8 Å². The number of likely N-dealkylation sites (N-methyl/N-ethyl adjacent to an activating group) is 1. The zero-order valence-corrected chi connectivity index (χ0v) is 17.5. The van der Waals surface area contributed by atoms with Crippen LogP contribution in [0.2, 0.25) is 0 Å². The monoisotopic (exact) mass is 425 g/mol. The molecule has 1 N–H and O–H groups in total. The van der Waals surface area contributed by atoms with E-state index < -0.39 is 6.10 Å². The minimum atomic E-state index is -0.539. The predicted molar refractivity (Wildman–Crippen MR) is 115 cm³/mol. The van der Waals surface area contributed by atoms with Gasteiger partial charge in [0.15, 0.2) is 6.10 Å². The highest BCUT2D eigenvalue weighted by atomic mass is 32.1. The Hall–Kier alpha value is -3.26. The van der Waals surface area contributed by atoms with E-state index in [1.807, 2.05) is 6.92 Å². The van der Waals surface area contributed by atoms with Crippen molar-refractivity contribution >= 4 is 34.5 Å². The number of ether oxygens (including phenoxy) is 1. The number of benzene rings is 2. The summed E-state index contributed by atoms with van der Waals surface area (Å²) in [5.41, 5.74) is 2.63. The van der Waals surface area contributed by atoms with E-state index >= 15 is 0 Å². The summed E-state index contributed by atoms with van der Waals surface area (Å²) in [5, 5.41) is 3.70. The summed E-state index contributed by atoms with van der Waals surface area (Å²) in [5.74, 6) is -0.0745. The molecule has 2 amide bonds. The molecule has 0 spiro atoms. The zero-order valence-electron chi connectivity index (χ0n) is 16.7. The number of halogens is 1. The molecule has 8 heteroatoms. The number of amides is 2. The first-order valence-corrected chi connectivity index (χ1v) is 10.2. The molecule has 1 atom stereocenters. The Balaban J connectivity index is 1.53. The van der Waals surface area contributed by atoms with E-state index in [9.17, 15) is 14.0 Å². The lowest BCUT2D eigenvalue weighted by molar-refractivity contribution is -0.125. The molecule has 1 aliphatic heterocycles. The van der Waals surface area contributed by atoms with Gasteiger partial charge in [-0.2, -0.15) is 0 Å². The van der Waals surface area contributed by atoms with E-state index in [-0.39, 0.29) is 24.1 Å². The Kier molecular flexibility index (Phi) is 5.26. The highest BCUT2D eigenvalue weighted by molar-refractivity contribution is 7.12. The molecule has 2 heterocycles. The second-order valence-corrected chi connectivity index (χ2v) is 8.36. The number of carbonyl (C=O) groups is 2. The standard InChI is InChI=1S/C22H20FN3O3S/c1-12-22(28)26(3)17-10-16(8-9-18(17)29-12)25-20(27)11-19-21(24-13(2)30-19)14-4-6-15(23)7-5-14/h4-10,12H,11H2,1-3H3,(H,25,27)/t12-/m1/s1. The van der Waals surface area contributed by atoms with Crippen molar-refractivity contribution in [1.29, 1.82) is 0 Å². The van der Waals surface area contributed by atoms with Crippen molar-refractivity contribution < 1.29 is 18.7 Å². The largest absolute Gasteiger partial charge is 0.479 e. The van der Waals surface area contributed by atoms with E-state index in [1.165, 1.54) is 28.4 Å². The summed E-state index contributed by atoms with van der Waals surface area (Å²) in [4.78, 5) is 31.7. The maximum absolute atomic E-state index is 13.2. The van der Waals surface area contributed by atoms with Crippen molar-refractivity contribution in [2.75, 3.05) is 17.3 Å². The fourth-order valence-corrected chi connectivity index (χ4v) is 4.32. The second-order valence-electron chi connectivity index (χ2n) is 7.08. The predicted octanol–water partition coefficient (Wildman–Crippen LogP) is 4.18. The number of rotatable bonds is 4. The quantitative estimate of drug-likeness (QED) is 0.681. The molecule has 154 valence electrons. The lowest BCUT2D eigenvalue weighted by Gasteiger charge is -2.30. The van der Waals surface area contributed by atoms with Crippen LogP contribution in [0.25, 0.3) is 11.3 Å². The normalized spacial score (nSPS) is 15.5. The average molecular weight is 425 g/mol. The summed E-state index contributed by atoms with van der Waals surface area (Å²) >= 11 is 1.44. The van der Waals surface area contributed by atoms with E-state index in [1.54, 1.807) is 44.3 Å². The molecule has 0 bridgehead atoms. The maximum Gasteiger partial charge on any atom is 0.267 e. The highest BCUT2D eigenvalue weighted by Crippen LogP contribution is 2.35. The summed E-state index contributed by atoms with van der Waals surface area (Å²) in [6, 6.07) is 11.3. The fraction of sp³-hybridized carbons (Fsp3) is 0.227. The van der Waals surface area contributed by atoms with Gasteiger partial charge in [0.2, 0.25) is 5.91 Å². The van der Waals surface area contributed by atoms with Crippen molar-refractivity contribution in [2.24, 2.45) is 0 Å². The molecule has 0 aliphatic carbocycles. The smallest absolute Gasteiger partial charge is 0.267 e. The highest BCUT2D eigenvalue weighted by Gasteiger charge is 2.29. The maximum atomic E-state index is 13.2. The van der Waals surface area contributed by atoms with Gasteiger partial charge in [-0.3, -0.25) is 9.59 Å². The first-order chi connectivity index (χ1) is 14.3. The summed E-state index contributed by atoms with van der Waals surface area (Å²) in [7, 11) is 1.68. The number of aromatic nitrogens is 1. The number of carbonyl (C=O) groups excluding carboxylic acids is 2. The Labute approximate surface area is 177 Å². The number of thiazole rings is 1. The van der Waals surface area contributed by atoms with Crippen molar-refractivity contribution in [3.63, 3.8) is 0 Å². The molecule has 0 unspecified atom stereocenters. The molecule has 1 aromatic heterocycles. The van der Waals surface area contributed by atoms with Crippen molar-refractivity contribution in [2.45, 2.75) is 26.4 Å². The Bertz CT molecular complexity index is 1130. The third-order valence-corrected chi connectivity index (χ3v) is 5.80. The van der Waals surface area contributed by atoms with Crippen molar-refractivity contribution in [1.82, 2.24) is 4.98 Å². The van der Waals surface area contributed by atoms with E-state index in [4.69, 9.17) is 4.74 Å². The van der Waals surface area contributed by atoms with Gasteiger partial charge in [-0.25, -0.2) is 9.37 Å². The molecule has 1 aliphatic rings. The molecular formula is C22H20FN3O3S.